The molecule has 0 N–H and O–H groups in total. The Morgan fingerprint density at radius 2 is 1.48 bits per heavy atom. The van der Waals surface area contributed by atoms with Crippen molar-refractivity contribution in [2.45, 2.75) is 32.6 Å². The van der Waals surface area contributed by atoms with E-state index in [2.05, 4.69) is 11.0 Å². The summed E-state index contributed by atoms with van der Waals surface area (Å²) in [6, 6.07) is 8.00. The summed E-state index contributed by atoms with van der Waals surface area (Å²) in [5.74, 6) is 1.33. The molecule has 0 saturated carbocycles. The van der Waals surface area contributed by atoms with Gasteiger partial charge in [-0.25, -0.2) is 0 Å². The van der Waals surface area contributed by atoms with Gasteiger partial charge in [-0.05, 0) is 30.9 Å². The molecule has 27 heavy (non-hydrogen) atoms. The first-order valence-corrected chi connectivity index (χ1v) is 10.0. The molecule has 2 fully saturated rings. The number of amides is 2. The lowest BCUT2D eigenvalue weighted by molar-refractivity contribution is -0.134. The number of likely N-dealkylation sites (tertiary alicyclic amines) is 1. The van der Waals surface area contributed by atoms with E-state index in [1.54, 1.807) is 7.11 Å². The second kappa shape index (κ2) is 9.11. The minimum atomic E-state index is 0.0952. The van der Waals surface area contributed by atoms with E-state index in [1.165, 1.54) is 0 Å². The van der Waals surface area contributed by atoms with Gasteiger partial charge < -0.3 is 19.4 Å². The largest absolute Gasteiger partial charge is 0.495 e. The second-order valence-electron chi connectivity index (χ2n) is 7.64. The molecule has 6 heteroatoms. The van der Waals surface area contributed by atoms with Gasteiger partial charge in [0.05, 0.1) is 12.8 Å². The van der Waals surface area contributed by atoms with E-state index in [-0.39, 0.29) is 17.7 Å². The Bertz CT molecular complexity index is 650. The Balaban J connectivity index is 1.46. The maximum Gasteiger partial charge on any atom is 0.222 e. The average Bonchev–Trinajstić information content (AvgIpc) is 3.23. The number of nitrogens with zero attached hydrogens (tertiary/aromatic N) is 3. The smallest absolute Gasteiger partial charge is 0.222 e. The summed E-state index contributed by atoms with van der Waals surface area (Å²) < 4.78 is 5.45. The van der Waals surface area contributed by atoms with Crippen LogP contribution in [0.25, 0.3) is 0 Å². The molecule has 0 spiro atoms. The van der Waals surface area contributed by atoms with Gasteiger partial charge in [0.2, 0.25) is 11.8 Å². The normalized spacial score (nSPS) is 18.5. The minimum Gasteiger partial charge on any atom is -0.495 e. The van der Waals surface area contributed by atoms with E-state index >= 15 is 0 Å². The summed E-state index contributed by atoms with van der Waals surface area (Å²) in [4.78, 5) is 31.0. The molecule has 6 nitrogen and oxygen atoms in total. The molecule has 2 saturated heterocycles. The number of ether oxygens (including phenoxy) is 1. The molecule has 0 aliphatic carbocycles. The van der Waals surface area contributed by atoms with Crippen LogP contribution in [0, 0.1) is 5.92 Å². The quantitative estimate of drug-likeness (QED) is 0.768. The first kappa shape index (κ1) is 19.5. The van der Waals surface area contributed by atoms with Crippen LogP contribution in [0.15, 0.2) is 24.3 Å². The zero-order chi connectivity index (χ0) is 19.2. The monoisotopic (exact) mass is 373 g/mol. The average molecular weight is 373 g/mol. The van der Waals surface area contributed by atoms with Crippen molar-refractivity contribution in [1.29, 1.82) is 0 Å². The number of rotatable bonds is 6. The maximum absolute atomic E-state index is 12.6. The lowest BCUT2D eigenvalue weighted by Crippen LogP contribution is -2.49. The molecule has 2 amide bonds. The zero-order valence-corrected chi connectivity index (χ0v) is 16.5. The van der Waals surface area contributed by atoms with Gasteiger partial charge >= 0.3 is 0 Å². The van der Waals surface area contributed by atoms with Crippen molar-refractivity contribution in [2.75, 3.05) is 51.3 Å². The molecule has 0 radical (unpaired) electrons. The predicted molar refractivity (Wildman–Crippen MR) is 106 cm³/mol. The lowest BCUT2D eigenvalue weighted by Gasteiger charge is -2.37. The Kier molecular flexibility index (Phi) is 6.58. The topological polar surface area (TPSA) is 53.1 Å². The van der Waals surface area contributed by atoms with Crippen LogP contribution in [0.2, 0.25) is 0 Å². The van der Waals surface area contributed by atoms with E-state index in [0.29, 0.717) is 25.9 Å². The first-order chi connectivity index (χ1) is 13.1. The molecular formula is C21H31N3O3. The third kappa shape index (κ3) is 4.93. The van der Waals surface area contributed by atoms with Crippen LogP contribution in [0.5, 0.6) is 5.75 Å². The minimum absolute atomic E-state index is 0.0952. The van der Waals surface area contributed by atoms with Gasteiger partial charge in [0, 0.05) is 52.1 Å². The summed E-state index contributed by atoms with van der Waals surface area (Å²) in [6.45, 7) is 6.79. The Morgan fingerprint density at radius 3 is 2.07 bits per heavy atom. The third-order valence-corrected chi connectivity index (χ3v) is 5.56. The van der Waals surface area contributed by atoms with Crippen LogP contribution >= 0.6 is 0 Å². The zero-order valence-electron chi connectivity index (χ0n) is 16.5. The van der Waals surface area contributed by atoms with Gasteiger partial charge in [-0.2, -0.15) is 0 Å². The predicted octanol–water partition coefficient (Wildman–Crippen LogP) is 2.38. The number of benzene rings is 1. The van der Waals surface area contributed by atoms with Crippen molar-refractivity contribution in [3.63, 3.8) is 0 Å². The molecular weight excluding hydrogens is 342 g/mol. The summed E-state index contributed by atoms with van der Waals surface area (Å²) in [7, 11) is 1.68. The van der Waals surface area contributed by atoms with Crippen molar-refractivity contribution in [3.05, 3.63) is 24.3 Å². The summed E-state index contributed by atoms with van der Waals surface area (Å²) in [6.07, 6.45) is 3.15. The van der Waals surface area contributed by atoms with Crippen LogP contribution in [-0.4, -0.2) is 68.0 Å². The number of carbonyl (C=O) groups excluding carboxylic acids is 2. The third-order valence-electron chi connectivity index (χ3n) is 5.56. The lowest BCUT2D eigenvalue weighted by atomic mass is 10.0. The molecule has 1 atom stereocenters. The van der Waals surface area contributed by atoms with Gasteiger partial charge in [-0.3, -0.25) is 9.59 Å². The van der Waals surface area contributed by atoms with Crippen molar-refractivity contribution >= 4 is 17.5 Å². The molecule has 0 aromatic heterocycles. The molecule has 0 bridgehead atoms. The number of hydrogen-bond acceptors (Lipinski definition) is 4. The van der Waals surface area contributed by atoms with Gasteiger partial charge in [0.15, 0.2) is 0 Å². The Labute approximate surface area is 162 Å². The van der Waals surface area contributed by atoms with E-state index in [4.69, 9.17) is 4.74 Å². The van der Waals surface area contributed by atoms with Gasteiger partial charge in [0.25, 0.3) is 0 Å². The highest BCUT2D eigenvalue weighted by molar-refractivity contribution is 5.80. The fourth-order valence-corrected chi connectivity index (χ4v) is 3.98. The van der Waals surface area contributed by atoms with Crippen LogP contribution in [0.1, 0.15) is 32.6 Å². The fourth-order valence-electron chi connectivity index (χ4n) is 3.98. The highest BCUT2D eigenvalue weighted by Gasteiger charge is 2.26. The number of methoxy groups -OCH3 is 1. The summed E-state index contributed by atoms with van der Waals surface area (Å²) in [5.41, 5.74) is 1.08. The van der Waals surface area contributed by atoms with E-state index < -0.39 is 0 Å². The van der Waals surface area contributed by atoms with E-state index in [0.717, 1.165) is 50.5 Å². The van der Waals surface area contributed by atoms with Crippen LogP contribution in [0.4, 0.5) is 5.69 Å². The van der Waals surface area contributed by atoms with Crippen LogP contribution in [0.3, 0.4) is 0 Å². The van der Waals surface area contributed by atoms with Crippen molar-refractivity contribution in [1.82, 2.24) is 9.80 Å². The highest BCUT2D eigenvalue weighted by Crippen LogP contribution is 2.28. The van der Waals surface area contributed by atoms with Crippen LogP contribution in [-0.2, 0) is 9.59 Å². The molecule has 0 unspecified atom stereocenters. The summed E-state index contributed by atoms with van der Waals surface area (Å²) in [5, 5.41) is 0. The van der Waals surface area contributed by atoms with Gasteiger partial charge in [0.1, 0.15) is 5.75 Å². The Morgan fingerprint density at radius 1 is 0.926 bits per heavy atom. The number of anilines is 1. The number of piperazine rings is 1. The van der Waals surface area contributed by atoms with Crippen molar-refractivity contribution < 1.29 is 14.3 Å². The van der Waals surface area contributed by atoms with Crippen molar-refractivity contribution in [2.24, 2.45) is 5.92 Å². The van der Waals surface area contributed by atoms with Gasteiger partial charge in [-0.15, -0.1) is 0 Å². The summed E-state index contributed by atoms with van der Waals surface area (Å²) >= 11 is 0. The van der Waals surface area contributed by atoms with Gasteiger partial charge in [-0.1, -0.05) is 19.1 Å². The molecule has 1 aromatic rings. The Hall–Kier alpha value is -2.24. The van der Waals surface area contributed by atoms with E-state index in [1.807, 2.05) is 34.9 Å². The van der Waals surface area contributed by atoms with E-state index in [9.17, 15) is 9.59 Å². The fraction of sp³-hybridized carbons (Fsp3) is 0.619. The first-order valence-electron chi connectivity index (χ1n) is 10.0. The molecule has 2 aliphatic rings. The number of carbonyl (C=O) groups is 2. The standard InChI is InChI=1S/C21H31N3O3/c1-17(15-20(25)23-9-5-6-10-23)16-21(26)24-13-11-22(12-14-24)18-7-3-4-8-19(18)27-2/h3-4,7-8,17H,5-6,9-16H2,1-2H3/t17-/m1/s1. The molecule has 2 aliphatic heterocycles. The molecule has 148 valence electrons. The highest BCUT2D eigenvalue weighted by atomic mass is 16.5. The van der Waals surface area contributed by atoms with Crippen LogP contribution < -0.4 is 9.64 Å². The molecule has 2 heterocycles. The SMILES string of the molecule is COc1ccccc1N1CCN(C(=O)C[C@H](C)CC(=O)N2CCCC2)CC1. The molecule has 3 rings (SSSR count). The second-order valence-corrected chi connectivity index (χ2v) is 7.64. The van der Waals surface area contributed by atoms with Crippen molar-refractivity contribution in [3.8, 4) is 5.75 Å². The number of para-hydroxylation sites is 2. The molecule has 1 aromatic carbocycles. The number of hydrogen-bond donors (Lipinski definition) is 0. The maximum atomic E-state index is 12.6.